The first-order valence-electron chi connectivity index (χ1n) is 20.3. The van der Waals surface area contributed by atoms with Crippen LogP contribution in [0.1, 0.15) is 15.9 Å². The SMILES string of the molecule is O=C(NCCOCCOCCOCCOCCOCCOCCOCCOCCOCCOCCOCCOCCOC(=O)C(=O)c1ccccc1)OCc1ccccc1. The normalized spacial score (nSPS) is 11.1. The predicted octanol–water partition coefficient (Wildman–Crippen LogP) is 2.54. The lowest BCUT2D eigenvalue weighted by Crippen LogP contribution is -2.28. The molecule has 2 rings (SSSR count). The molecule has 0 atom stereocenters. The van der Waals surface area contributed by atoms with Gasteiger partial charge in [-0.05, 0) is 5.56 Å². The van der Waals surface area contributed by atoms with Crippen molar-refractivity contribution in [2.24, 2.45) is 0 Å². The quantitative estimate of drug-likeness (QED) is 0.0443. The Morgan fingerprint density at radius 3 is 1.00 bits per heavy atom. The monoisotopic (exact) mass is 855 g/mol. The first-order chi connectivity index (χ1) is 29.7. The third-order valence-corrected chi connectivity index (χ3v) is 7.50. The van der Waals surface area contributed by atoms with Crippen LogP contribution in [0.5, 0.6) is 0 Å². The maximum Gasteiger partial charge on any atom is 0.407 e. The van der Waals surface area contributed by atoms with Crippen LogP contribution < -0.4 is 5.32 Å². The lowest BCUT2D eigenvalue weighted by Gasteiger charge is -2.09. The minimum absolute atomic E-state index is 0.00968. The van der Waals surface area contributed by atoms with E-state index in [1.807, 2.05) is 30.3 Å². The van der Waals surface area contributed by atoms with Crippen molar-refractivity contribution in [2.75, 3.05) is 172 Å². The molecule has 18 nitrogen and oxygen atoms in total. The van der Waals surface area contributed by atoms with E-state index in [0.29, 0.717) is 164 Å². The summed E-state index contributed by atoms with van der Waals surface area (Å²) in [7, 11) is 0. The number of carbonyl (C=O) groups excluding carboxylic acids is 3. The van der Waals surface area contributed by atoms with Gasteiger partial charge in [-0.1, -0.05) is 60.7 Å². The van der Waals surface area contributed by atoms with Crippen LogP contribution in [-0.2, 0) is 77.7 Å². The van der Waals surface area contributed by atoms with Crippen molar-refractivity contribution in [1.29, 1.82) is 0 Å². The summed E-state index contributed by atoms with van der Waals surface area (Å²) in [5.74, 6) is -1.58. The number of Topliss-reactive ketones (excluding diaryl/α,β-unsaturated/α-hetero) is 1. The highest BCUT2D eigenvalue weighted by Crippen LogP contribution is 2.02. The summed E-state index contributed by atoms with van der Waals surface area (Å²) < 4.78 is 75.5. The predicted molar refractivity (Wildman–Crippen MR) is 216 cm³/mol. The number of amides is 1. The van der Waals surface area contributed by atoms with Crippen LogP contribution in [0.3, 0.4) is 0 Å². The molecule has 340 valence electrons. The highest BCUT2D eigenvalue weighted by molar-refractivity contribution is 6.40. The molecule has 2 aromatic carbocycles. The smallest absolute Gasteiger partial charge is 0.407 e. The first-order valence-corrected chi connectivity index (χ1v) is 20.3. The molecule has 0 heterocycles. The summed E-state index contributed by atoms with van der Waals surface area (Å²) in [5.41, 5.74) is 1.22. The number of hydrogen-bond acceptors (Lipinski definition) is 17. The number of nitrogens with one attached hydrogen (secondary N) is 1. The molecule has 0 aliphatic heterocycles. The number of hydrogen-bond donors (Lipinski definition) is 1. The van der Waals surface area contributed by atoms with Crippen LogP contribution in [0.15, 0.2) is 60.7 Å². The van der Waals surface area contributed by atoms with E-state index in [1.165, 1.54) is 0 Å². The zero-order valence-corrected chi connectivity index (χ0v) is 34.8. The number of ketones is 1. The van der Waals surface area contributed by atoms with Crippen molar-refractivity contribution >= 4 is 17.8 Å². The van der Waals surface area contributed by atoms with Crippen molar-refractivity contribution < 1.29 is 80.7 Å². The van der Waals surface area contributed by atoms with E-state index in [-0.39, 0.29) is 19.8 Å². The molecule has 1 amide bonds. The Morgan fingerprint density at radius 1 is 0.350 bits per heavy atom. The van der Waals surface area contributed by atoms with Crippen LogP contribution in [0.2, 0.25) is 0 Å². The van der Waals surface area contributed by atoms with E-state index in [4.69, 9.17) is 66.3 Å². The molecule has 0 saturated carbocycles. The molecule has 0 bridgehead atoms. The molecule has 0 aliphatic carbocycles. The molecule has 0 saturated heterocycles. The van der Waals surface area contributed by atoms with Gasteiger partial charge in [-0.15, -0.1) is 0 Å². The van der Waals surface area contributed by atoms with Crippen LogP contribution >= 0.6 is 0 Å². The standard InChI is InChI=1S/C42H65NO17/c44-40(39-9-5-2-6-10-39)41(45)59-36-35-58-34-33-57-32-31-56-30-29-55-28-27-54-26-25-53-24-23-52-22-21-51-20-19-50-18-17-49-16-15-48-14-13-47-12-11-43-42(46)60-37-38-7-3-1-4-8-38/h1-10H,11-37H2,(H,43,46). The second kappa shape index (κ2) is 40.8. The Hall–Kier alpha value is -3.63. The third kappa shape index (κ3) is 33.1. The highest BCUT2D eigenvalue weighted by atomic mass is 16.6. The Labute approximate surface area is 353 Å². The van der Waals surface area contributed by atoms with Crippen molar-refractivity contribution in [1.82, 2.24) is 5.32 Å². The van der Waals surface area contributed by atoms with Crippen molar-refractivity contribution in [3.05, 3.63) is 71.8 Å². The van der Waals surface area contributed by atoms with Gasteiger partial charge in [-0.2, -0.15) is 0 Å². The Balaban J connectivity index is 1.14. The largest absolute Gasteiger partial charge is 0.457 e. The zero-order chi connectivity index (χ0) is 42.7. The van der Waals surface area contributed by atoms with E-state index in [0.717, 1.165) is 5.56 Å². The van der Waals surface area contributed by atoms with Gasteiger partial charge in [0.2, 0.25) is 0 Å². The minimum atomic E-state index is -0.903. The average Bonchev–Trinajstić information content (AvgIpc) is 3.28. The van der Waals surface area contributed by atoms with Gasteiger partial charge in [0.05, 0.1) is 159 Å². The summed E-state index contributed by atoms with van der Waals surface area (Å²) in [6.07, 6.45) is -0.477. The summed E-state index contributed by atoms with van der Waals surface area (Å²) in [4.78, 5) is 35.3. The molecular formula is C42H65NO17. The Kier molecular flexibility index (Phi) is 35.7. The number of alkyl carbamates (subject to hydrolysis) is 1. The highest BCUT2D eigenvalue weighted by Gasteiger charge is 2.17. The molecule has 0 aromatic heterocycles. The third-order valence-electron chi connectivity index (χ3n) is 7.50. The van der Waals surface area contributed by atoms with E-state index >= 15 is 0 Å². The molecule has 0 fully saturated rings. The Morgan fingerprint density at radius 2 is 0.650 bits per heavy atom. The van der Waals surface area contributed by atoms with Gasteiger partial charge in [0.1, 0.15) is 13.2 Å². The van der Waals surface area contributed by atoms with Gasteiger partial charge in [0.25, 0.3) is 5.78 Å². The van der Waals surface area contributed by atoms with Gasteiger partial charge in [0, 0.05) is 12.1 Å². The van der Waals surface area contributed by atoms with Crippen molar-refractivity contribution in [3.8, 4) is 0 Å². The number of ether oxygens (including phenoxy) is 14. The topological polar surface area (TPSA) is 192 Å². The molecule has 0 unspecified atom stereocenters. The summed E-state index contributed by atoms with van der Waals surface area (Å²) in [6.45, 7) is 11.0. The van der Waals surface area contributed by atoms with E-state index in [1.54, 1.807) is 30.3 Å². The van der Waals surface area contributed by atoms with E-state index in [2.05, 4.69) is 5.32 Å². The fourth-order valence-corrected chi connectivity index (χ4v) is 4.49. The van der Waals surface area contributed by atoms with Gasteiger partial charge in [-0.3, -0.25) is 4.79 Å². The molecule has 60 heavy (non-hydrogen) atoms. The van der Waals surface area contributed by atoms with Crippen molar-refractivity contribution in [3.63, 3.8) is 0 Å². The van der Waals surface area contributed by atoms with Gasteiger partial charge >= 0.3 is 12.1 Å². The number of esters is 1. The second-order valence-electron chi connectivity index (χ2n) is 12.2. The van der Waals surface area contributed by atoms with Gasteiger partial charge in [-0.25, -0.2) is 9.59 Å². The molecule has 2 aromatic rings. The molecular weight excluding hydrogens is 790 g/mol. The van der Waals surface area contributed by atoms with Crippen LogP contribution in [0.4, 0.5) is 4.79 Å². The molecule has 0 radical (unpaired) electrons. The zero-order valence-electron chi connectivity index (χ0n) is 34.8. The van der Waals surface area contributed by atoms with E-state index < -0.39 is 17.8 Å². The fraction of sp³-hybridized carbons (Fsp3) is 0.643. The summed E-state index contributed by atoms with van der Waals surface area (Å²) in [5, 5.41) is 2.64. The first kappa shape index (κ1) is 52.5. The maximum atomic E-state index is 11.9. The maximum absolute atomic E-state index is 11.9. The second-order valence-corrected chi connectivity index (χ2v) is 12.2. The molecule has 0 aliphatic rings. The molecule has 18 heteroatoms. The summed E-state index contributed by atoms with van der Waals surface area (Å²) >= 11 is 0. The Bertz CT molecular complexity index is 1280. The van der Waals surface area contributed by atoms with Crippen LogP contribution in [0.25, 0.3) is 0 Å². The van der Waals surface area contributed by atoms with Gasteiger partial charge < -0.3 is 71.6 Å². The number of benzene rings is 2. The molecule has 0 spiro atoms. The lowest BCUT2D eigenvalue weighted by molar-refractivity contribution is -0.139. The van der Waals surface area contributed by atoms with Gasteiger partial charge in [0.15, 0.2) is 0 Å². The average molecular weight is 856 g/mol. The lowest BCUT2D eigenvalue weighted by atomic mass is 10.1. The van der Waals surface area contributed by atoms with Crippen LogP contribution in [-0.4, -0.2) is 190 Å². The minimum Gasteiger partial charge on any atom is -0.457 e. The van der Waals surface area contributed by atoms with Crippen LogP contribution in [0, 0.1) is 0 Å². The number of carbonyl (C=O) groups is 3. The fourth-order valence-electron chi connectivity index (χ4n) is 4.49. The summed E-state index contributed by atoms with van der Waals surface area (Å²) in [6, 6.07) is 17.7. The van der Waals surface area contributed by atoms with E-state index in [9.17, 15) is 14.4 Å². The van der Waals surface area contributed by atoms with Crippen molar-refractivity contribution in [2.45, 2.75) is 6.61 Å². The molecule has 1 N–H and O–H groups in total. The number of rotatable bonds is 43.